The van der Waals surface area contributed by atoms with Gasteiger partial charge in [0.15, 0.2) is 0 Å². The first kappa shape index (κ1) is 13.0. The Morgan fingerprint density at radius 2 is 1.62 bits per heavy atom. The van der Waals surface area contributed by atoms with E-state index in [1.54, 1.807) is 0 Å². The van der Waals surface area contributed by atoms with Gasteiger partial charge in [0.2, 0.25) is 0 Å². The van der Waals surface area contributed by atoms with Crippen molar-refractivity contribution in [3.05, 3.63) is 0 Å². The van der Waals surface area contributed by atoms with E-state index in [1.807, 2.05) is 0 Å². The van der Waals surface area contributed by atoms with Gasteiger partial charge in [0, 0.05) is 0 Å². The molecule has 1 heteroatoms. The number of rotatable bonds is 9. The van der Waals surface area contributed by atoms with Crippen LogP contribution in [0.1, 0.15) is 59.3 Å². The van der Waals surface area contributed by atoms with Crippen molar-refractivity contribution in [3.63, 3.8) is 0 Å². The molecule has 0 unspecified atom stereocenters. The van der Waals surface area contributed by atoms with Gasteiger partial charge in [0.05, 0.1) is 0 Å². The zero-order valence-electron chi connectivity index (χ0n) is 9.73. The third-order valence-electron chi connectivity index (χ3n) is 2.80. The number of nitrogens with one attached hydrogen (secondary N) is 1. The number of unbranched alkanes of at least 4 members (excludes halogenated alkanes) is 1. The van der Waals surface area contributed by atoms with Crippen LogP contribution in [0.2, 0.25) is 0 Å². The second kappa shape index (κ2) is 10.0. The molecule has 0 aromatic carbocycles. The zero-order chi connectivity index (χ0) is 9.94. The first-order chi connectivity index (χ1) is 6.35. The Kier molecular flexibility index (Phi) is 10.0. The molecular formula is C12H27N. The molecule has 0 fully saturated rings. The molecule has 0 aliphatic carbocycles. The van der Waals surface area contributed by atoms with Crippen molar-refractivity contribution in [2.45, 2.75) is 59.3 Å². The van der Waals surface area contributed by atoms with Gasteiger partial charge in [0.25, 0.3) is 0 Å². The lowest BCUT2D eigenvalue weighted by molar-refractivity contribution is 0.430. The molecule has 0 heterocycles. The molecule has 0 saturated heterocycles. The first-order valence-corrected chi connectivity index (χ1v) is 6.05. The summed E-state index contributed by atoms with van der Waals surface area (Å²) in [5.74, 6) is 0.978. The van der Waals surface area contributed by atoms with Crippen molar-refractivity contribution in [1.29, 1.82) is 0 Å². The number of hydrogen-bond donors (Lipinski definition) is 1. The van der Waals surface area contributed by atoms with Crippen LogP contribution in [0, 0.1) is 5.92 Å². The summed E-state index contributed by atoms with van der Waals surface area (Å²) >= 11 is 0. The van der Waals surface area contributed by atoms with Crippen molar-refractivity contribution < 1.29 is 0 Å². The maximum Gasteiger partial charge on any atom is -0.00489 e. The molecule has 0 aliphatic heterocycles. The zero-order valence-corrected chi connectivity index (χ0v) is 9.73. The maximum atomic E-state index is 3.44. The monoisotopic (exact) mass is 185 g/mol. The summed E-state index contributed by atoms with van der Waals surface area (Å²) in [7, 11) is 0. The van der Waals surface area contributed by atoms with Gasteiger partial charge in [-0.1, -0.05) is 46.5 Å². The highest BCUT2D eigenvalue weighted by Gasteiger charge is 2.01. The van der Waals surface area contributed by atoms with Crippen molar-refractivity contribution in [3.8, 4) is 0 Å². The lowest BCUT2D eigenvalue weighted by Crippen LogP contribution is -2.15. The van der Waals surface area contributed by atoms with E-state index in [0.29, 0.717) is 0 Å². The van der Waals surface area contributed by atoms with Crippen molar-refractivity contribution in [1.82, 2.24) is 5.32 Å². The normalized spacial score (nSPS) is 11.1. The maximum absolute atomic E-state index is 3.44. The van der Waals surface area contributed by atoms with Crippen LogP contribution >= 0.6 is 0 Å². The molecule has 80 valence electrons. The van der Waals surface area contributed by atoms with Crippen LogP contribution < -0.4 is 5.32 Å². The van der Waals surface area contributed by atoms with Gasteiger partial charge in [-0.15, -0.1) is 0 Å². The van der Waals surface area contributed by atoms with Gasteiger partial charge in [-0.25, -0.2) is 0 Å². The molecule has 0 saturated carbocycles. The second-order valence-corrected chi connectivity index (χ2v) is 3.93. The minimum atomic E-state index is 0.978. The van der Waals surface area contributed by atoms with Crippen LogP contribution in [0.5, 0.6) is 0 Å². The highest BCUT2D eigenvalue weighted by atomic mass is 14.8. The molecule has 0 amide bonds. The predicted octanol–water partition coefficient (Wildman–Crippen LogP) is 3.59. The van der Waals surface area contributed by atoms with E-state index in [1.165, 1.54) is 51.6 Å². The van der Waals surface area contributed by atoms with Crippen LogP contribution in [-0.4, -0.2) is 13.1 Å². The Labute approximate surface area is 84.3 Å². The summed E-state index contributed by atoms with van der Waals surface area (Å²) in [5.41, 5.74) is 0. The van der Waals surface area contributed by atoms with Crippen molar-refractivity contribution in [2.24, 2.45) is 5.92 Å². The first-order valence-electron chi connectivity index (χ1n) is 6.05. The van der Waals surface area contributed by atoms with Gasteiger partial charge in [0.1, 0.15) is 0 Å². The highest BCUT2D eigenvalue weighted by molar-refractivity contribution is 4.56. The molecule has 1 nitrogen and oxygen atoms in total. The topological polar surface area (TPSA) is 12.0 Å². The fourth-order valence-corrected chi connectivity index (χ4v) is 1.68. The summed E-state index contributed by atoms with van der Waals surface area (Å²) in [5, 5.41) is 3.44. The van der Waals surface area contributed by atoms with E-state index in [4.69, 9.17) is 0 Å². The van der Waals surface area contributed by atoms with Crippen LogP contribution in [0.4, 0.5) is 0 Å². The number of hydrogen-bond acceptors (Lipinski definition) is 1. The SMILES string of the molecule is CCCNCCCCC(CC)CC. The average molecular weight is 185 g/mol. The summed E-state index contributed by atoms with van der Waals surface area (Å²) in [6.45, 7) is 9.24. The van der Waals surface area contributed by atoms with E-state index in [2.05, 4.69) is 26.1 Å². The van der Waals surface area contributed by atoms with Crippen molar-refractivity contribution >= 4 is 0 Å². The minimum Gasteiger partial charge on any atom is -0.317 e. The molecule has 0 aromatic heterocycles. The van der Waals surface area contributed by atoms with Gasteiger partial charge in [-0.3, -0.25) is 0 Å². The molecule has 0 rings (SSSR count). The molecule has 0 aliphatic rings. The minimum absolute atomic E-state index is 0.978. The quantitative estimate of drug-likeness (QED) is 0.541. The molecule has 0 atom stereocenters. The molecule has 1 N–H and O–H groups in total. The molecule has 0 spiro atoms. The van der Waals surface area contributed by atoms with E-state index < -0.39 is 0 Å². The lowest BCUT2D eigenvalue weighted by atomic mass is 9.97. The molecule has 0 aromatic rings. The average Bonchev–Trinajstić information content (AvgIpc) is 2.17. The van der Waals surface area contributed by atoms with Crippen LogP contribution in [0.3, 0.4) is 0 Å². The van der Waals surface area contributed by atoms with E-state index >= 15 is 0 Å². The summed E-state index contributed by atoms with van der Waals surface area (Å²) in [6.07, 6.45) is 8.17. The van der Waals surface area contributed by atoms with E-state index in [-0.39, 0.29) is 0 Å². The Morgan fingerprint density at radius 3 is 2.15 bits per heavy atom. The fraction of sp³-hybridized carbons (Fsp3) is 1.00. The van der Waals surface area contributed by atoms with Crippen LogP contribution in [0.25, 0.3) is 0 Å². The Morgan fingerprint density at radius 1 is 0.923 bits per heavy atom. The standard InChI is InChI=1S/C12H27N/c1-4-10-13-11-8-7-9-12(5-2)6-3/h12-13H,4-11H2,1-3H3. The third-order valence-corrected chi connectivity index (χ3v) is 2.80. The lowest BCUT2D eigenvalue weighted by Gasteiger charge is -2.11. The Balaban J connectivity index is 3.05. The molecule has 13 heavy (non-hydrogen) atoms. The van der Waals surface area contributed by atoms with Gasteiger partial charge in [-0.05, 0) is 31.8 Å². The Bertz CT molecular complexity index is 87.1. The van der Waals surface area contributed by atoms with Gasteiger partial charge >= 0.3 is 0 Å². The third kappa shape index (κ3) is 8.29. The summed E-state index contributed by atoms with van der Waals surface area (Å²) < 4.78 is 0. The molecule has 0 radical (unpaired) electrons. The second-order valence-electron chi connectivity index (χ2n) is 3.93. The van der Waals surface area contributed by atoms with Crippen molar-refractivity contribution in [2.75, 3.05) is 13.1 Å². The van der Waals surface area contributed by atoms with E-state index in [9.17, 15) is 0 Å². The largest absolute Gasteiger partial charge is 0.317 e. The fourth-order valence-electron chi connectivity index (χ4n) is 1.68. The van der Waals surface area contributed by atoms with Gasteiger partial charge < -0.3 is 5.32 Å². The van der Waals surface area contributed by atoms with Crippen LogP contribution in [0.15, 0.2) is 0 Å². The van der Waals surface area contributed by atoms with E-state index in [0.717, 1.165) is 5.92 Å². The smallest absolute Gasteiger partial charge is 0.00489 e. The van der Waals surface area contributed by atoms with Gasteiger partial charge in [-0.2, -0.15) is 0 Å². The molecule has 0 bridgehead atoms. The van der Waals surface area contributed by atoms with Crippen LogP contribution in [-0.2, 0) is 0 Å². The Hall–Kier alpha value is -0.0400. The summed E-state index contributed by atoms with van der Waals surface area (Å²) in [6, 6.07) is 0. The predicted molar refractivity (Wildman–Crippen MR) is 61.1 cm³/mol. The highest BCUT2D eigenvalue weighted by Crippen LogP contribution is 2.15. The molecular weight excluding hydrogens is 158 g/mol. The summed E-state index contributed by atoms with van der Waals surface area (Å²) in [4.78, 5) is 0.